The highest BCUT2D eigenvalue weighted by molar-refractivity contribution is 7.93. The third-order valence-corrected chi connectivity index (χ3v) is 9.07. The van der Waals surface area contributed by atoms with Crippen LogP contribution in [-0.2, 0) is 21.1 Å². The Bertz CT molecular complexity index is 1550. The van der Waals surface area contributed by atoms with Gasteiger partial charge in [-0.1, -0.05) is 53.8 Å². The van der Waals surface area contributed by atoms with Crippen molar-refractivity contribution in [2.75, 3.05) is 11.9 Å². The normalized spacial score (nSPS) is 12.8. The van der Waals surface area contributed by atoms with E-state index in [-0.39, 0.29) is 9.90 Å². The number of pyridine rings is 1. The summed E-state index contributed by atoms with van der Waals surface area (Å²) in [6, 6.07) is 16.7. The Balaban J connectivity index is 1.55. The smallest absolute Gasteiger partial charge is 0.340 e. The molecule has 4 aromatic rings. The lowest BCUT2D eigenvalue weighted by Crippen LogP contribution is -2.69. The largest absolute Gasteiger partial charge is 0.479 e. The Labute approximate surface area is 222 Å². The van der Waals surface area contributed by atoms with Crippen molar-refractivity contribution in [1.82, 2.24) is 15.2 Å². The molecule has 6 N–H and O–H groups in total. The molecule has 2 heterocycles. The number of unbranched alkanes of at least 4 members (excludes halogenated alkanes) is 1. The van der Waals surface area contributed by atoms with Crippen LogP contribution in [0.3, 0.4) is 0 Å². The molecule has 0 aliphatic carbocycles. The van der Waals surface area contributed by atoms with Crippen LogP contribution in [0.15, 0.2) is 71.8 Å². The van der Waals surface area contributed by atoms with Crippen LogP contribution in [0.4, 0.5) is 5.82 Å². The number of hydrogen-bond donors (Lipinski definition) is 4. The molecule has 0 amide bonds. The topological polar surface area (TPSA) is 191 Å². The van der Waals surface area contributed by atoms with Gasteiger partial charge in [0, 0.05) is 24.5 Å². The average molecular weight is 555 g/mol. The summed E-state index contributed by atoms with van der Waals surface area (Å²) in [5, 5.41) is 19.5. The molecule has 0 aliphatic heterocycles. The standard InChI is InChI=1S/C25H26N6O5S2/c26-25(27,24(33)34)22(38(35,36)18-11-7-9-16-8-1-2-10-17(16)18)21(32)23-31-30-20(37-23)13-4-6-15-29-19-12-3-5-14-28-19/h1-3,5,7-12,14,22H,4,6,13,15,26-27H2,(H,28,29)(H,33,34)/t22-/m1/s1. The van der Waals surface area contributed by atoms with E-state index in [9.17, 15) is 23.1 Å². The summed E-state index contributed by atoms with van der Waals surface area (Å²) in [5.41, 5.74) is 8.68. The first-order valence-corrected chi connectivity index (χ1v) is 14.0. The predicted molar refractivity (Wildman–Crippen MR) is 144 cm³/mol. The van der Waals surface area contributed by atoms with Gasteiger partial charge < -0.3 is 21.9 Å². The van der Waals surface area contributed by atoms with E-state index >= 15 is 0 Å². The minimum atomic E-state index is -4.67. The van der Waals surface area contributed by atoms with Gasteiger partial charge in [0.15, 0.2) is 25.8 Å². The van der Waals surface area contributed by atoms with Crippen molar-refractivity contribution < 1.29 is 23.1 Å². The fourth-order valence-electron chi connectivity index (χ4n) is 3.95. The van der Waals surface area contributed by atoms with Gasteiger partial charge in [0.1, 0.15) is 10.8 Å². The number of rotatable bonds is 12. The summed E-state index contributed by atoms with van der Waals surface area (Å²) in [7, 11) is -4.67. The number of aryl methyl sites for hydroxylation is 1. The number of anilines is 1. The summed E-state index contributed by atoms with van der Waals surface area (Å²) in [5.74, 6) is -2.20. The molecule has 0 spiro atoms. The summed E-state index contributed by atoms with van der Waals surface area (Å²) < 4.78 is 27.6. The number of carbonyl (C=O) groups is 2. The summed E-state index contributed by atoms with van der Waals surface area (Å²) in [4.78, 5) is 29.4. The molecule has 1 atom stereocenters. The van der Waals surface area contributed by atoms with E-state index in [1.807, 2.05) is 18.2 Å². The maximum atomic E-state index is 13.8. The second-order valence-corrected chi connectivity index (χ2v) is 11.7. The molecular formula is C25H26N6O5S2. The number of ketones is 1. The fraction of sp³-hybridized carbons (Fsp3) is 0.240. The number of nitrogens with zero attached hydrogens (tertiary/aromatic N) is 3. The summed E-state index contributed by atoms with van der Waals surface area (Å²) in [6.07, 6.45) is 3.68. The molecule has 38 heavy (non-hydrogen) atoms. The molecular weight excluding hydrogens is 528 g/mol. The van der Waals surface area contributed by atoms with Crippen molar-refractivity contribution >= 4 is 49.5 Å². The second kappa shape index (κ2) is 11.3. The number of Topliss-reactive ketones (excluding diaryl/α,β-unsaturated/α-hetero) is 1. The van der Waals surface area contributed by atoms with Crippen LogP contribution in [0.5, 0.6) is 0 Å². The van der Waals surface area contributed by atoms with Gasteiger partial charge in [0.05, 0.1) is 4.90 Å². The molecule has 0 radical (unpaired) electrons. The van der Waals surface area contributed by atoms with Crippen LogP contribution in [0, 0.1) is 0 Å². The Hall–Kier alpha value is -3.78. The van der Waals surface area contributed by atoms with E-state index in [0.29, 0.717) is 35.2 Å². The number of benzene rings is 2. The molecule has 11 nitrogen and oxygen atoms in total. The summed E-state index contributed by atoms with van der Waals surface area (Å²) >= 11 is 0.893. The van der Waals surface area contributed by atoms with Crippen LogP contribution < -0.4 is 16.8 Å². The van der Waals surface area contributed by atoms with Crippen molar-refractivity contribution in [2.24, 2.45) is 11.5 Å². The van der Waals surface area contributed by atoms with Gasteiger partial charge in [0.2, 0.25) is 5.78 Å². The summed E-state index contributed by atoms with van der Waals surface area (Å²) in [6.45, 7) is 0.675. The van der Waals surface area contributed by atoms with Gasteiger partial charge in [-0.2, -0.15) is 0 Å². The first-order chi connectivity index (χ1) is 18.1. The molecule has 0 saturated carbocycles. The fourth-order valence-corrected chi connectivity index (χ4v) is 6.90. The monoisotopic (exact) mass is 554 g/mol. The number of sulfone groups is 1. The molecule has 2 aromatic carbocycles. The van der Waals surface area contributed by atoms with Gasteiger partial charge in [0.25, 0.3) is 0 Å². The lowest BCUT2D eigenvalue weighted by atomic mass is 10.1. The molecule has 0 bridgehead atoms. The lowest BCUT2D eigenvalue weighted by Gasteiger charge is -2.28. The second-order valence-electron chi connectivity index (χ2n) is 8.60. The zero-order chi connectivity index (χ0) is 27.3. The number of nitrogens with one attached hydrogen (secondary N) is 1. The van der Waals surface area contributed by atoms with E-state index in [1.54, 1.807) is 36.5 Å². The quantitative estimate of drug-likeness (QED) is 0.114. The lowest BCUT2D eigenvalue weighted by molar-refractivity contribution is -0.142. The molecule has 13 heteroatoms. The maximum Gasteiger partial charge on any atom is 0.340 e. The Kier molecular flexibility index (Phi) is 8.11. The molecule has 2 aromatic heterocycles. The van der Waals surface area contributed by atoms with Crippen LogP contribution in [0.2, 0.25) is 0 Å². The first kappa shape index (κ1) is 27.3. The van der Waals surface area contributed by atoms with Gasteiger partial charge >= 0.3 is 5.97 Å². The van der Waals surface area contributed by atoms with E-state index < -0.39 is 32.5 Å². The van der Waals surface area contributed by atoms with Crippen molar-refractivity contribution in [1.29, 1.82) is 0 Å². The van der Waals surface area contributed by atoms with Crippen LogP contribution >= 0.6 is 11.3 Å². The minimum absolute atomic E-state index is 0.249. The van der Waals surface area contributed by atoms with Crippen LogP contribution in [0.1, 0.15) is 27.7 Å². The average Bonchev–Trinajstić information content (AvgIpc) is 3.37. The van der Waals surface area contributed by atoms with Gasteiger partial charge in [-0.05, 0) is 36.4 Å². The third-order valence-electron chi connectivity index (χ3n) is 5.87. The van der Waals surface area contributed by atoms with E-state index in [2.05, 4.69) is 20.5 Å². The van der Waals surface area contributed by atoms with Crippen molar-refractivity contribution in [2.45, 2.75) is 35.1 Å². The Morgan fingerprint density at radius 1 is 1.00 bits per heavy atom. The first-order valence-electron chi connectivity index (χ1n) is 11.7. The number of carbonyl (C=O) groups excluding carboxylic acids is 1. The van der Waals surface area contributed by atoms with Gasteiger partial charge in [-0.3, -0.25) is 4.79 Å². The number of carboxylic acid groups (broad SMARTS) is 1. The molecule has 0 fully saturated rings. The van der Waals surface area contributed by atoms with E-state index in [1.165, 1.54) is 12.1 Å². The SMILES string of the molecule is NC(N)(C(=O)O)[C@@H](C(=O)c1nnc(CCCCNc2ccccn2)s1)S(=O)(=O)c1cccc2ccccc12. The van der Waals surface area contributed by atoms with E-state index in [0.717, 1.165) is 23.6 Å². The Morgan fingerprint density at radius 2 is 1.74 bits per heavy atom. The third kappa shape index (κ3) is 5.70. The number of nitrogens with two attached hydrogens (primary N) is 2. The van der Waals surface area contributed by atoms with Gasteiger partial charge in [-0.25, -0.2) is 18.2 Å². The highest BCUT2D eigenvalue weighted by atomic mass is 32.2. The molecule has 198 valence electrons. The maximum absolute atomic E-state index is 13.8. The zero-order valence-corrected chi connectivity index (χ0v) is 21.8. The van der Waals surface area contributed by atoms with Crippen molar-refractivity contribution in [3.05, 3.63) is 76.9 Å². The van der Waals surface area contributed by atoms with Crippen molar-refractivity contribution in [3.63, 3.8) is 0 Å². The van der Waals surface area contributed by atoms with Crippen LogP contribution in [-0.4, -0.2) is 57.9 Å². The number of aromatic nitrogens is 3. The molecule has 4 rings (SSSR count). The Morgan fingerprint density at radius 3 is 2.47 bits per heavy atom. The van der Waals surface area contributed by atoms with Gasteiger partial charge in [-0.15, -0.1) is 10.2 Å². The van der Waals surface area contributed by atoms with E-state index in [4.69, 9.17) is 11.5 Å². The minimum Gasteiger partial charge on any atom is -0.479 e. The number of aliphatic carboxylic acids is 1. The number of carboxylic acids is 1. The molecule has 0 aliphatic rings. The number of fused-ring (bicyclic) bond motifs is 1. The molecule has 0 unspecified atom stereocenters. The zero-order valence-electron chi connectivity index (χ0n) is 20.1. The predicted octanol–water partition coefficient (Wildman–Crippen LogP) is 2.24. The van der Waals surface area contributed by atoms with Crippen molar-refractivity contribution in [3.8, 4) is 0 Å². The molecule has 0 saturated heterocycles. The number of hydrogen-bond acceptors (Lipinski definition) is 11. The highest BCUT2D eigenvalue weighted by Gasteiger charge is 2.53. The highest BCUT2D eigenvalue weighted by Crippen LogP contribution is 2.31. The van der Waals surface area contributed by atoms with Crippen LogP contribution in [0.25, 0.3) is 10.8 Å².